The summed E-state index contributed by atoms with van der Waals surface area (Å²) in [6.45, 7) is -0.445. The first-order chi connectivity index (χ1) is 14.5. The molecule has 5 heteroatoms. The molecular weight excluding hydrogens is 386 g/mol. The minimum absolute atomic E-state index is 0.0508. The van der Waals surface area contributed by atoms with Gasteiger partial charge in [-0.15, -0.1) is 0 Å². The fraction of sp³-hybridized carbons (Fsp3) is 0.720. The molecular formula is C25H34F2O3. The van der Waals surface area contributed by atoms with Gasteiger partial charge in [-0.05, 0) is 112 Å². The number of fused-ring (bicyclic) bond motifs is 1. The van der Waals surface area contributed by atoms with Crippen molar-refractivity contribution in [1.82, 2.24) is 0 Å². The molecule has 3 aliphatic rings. The van der Waals surface area contributed by atoms with Crippen molar-refractivity contribution in [1.29, 1.82) is 0 Å². The number of hydrogen-bond donors (Lipinski definition) is 0. The van der Waals surface area contributed by atoms with E-state index in [2.05, 4.69) is 11.7 Å². The van der Waals surface area contributed by atoms with E-state index in [1.165, 1.54) is 62.8 Å². The summed E-state index contributed by atoms with van der Waals surface area (Å²) in [5, 5.41) is 0. The van der Waals surface area contributed by atoms with Gasteiger partial charge in [-0.2, -0.15) is 8.78 Å². The van der Waals surface area contributed by atoms with Crippen LogP contribution in [0.15, 0.2) is 24.3 Å². The van der Waals surface area contributed by atoms with Crippen LogP contribution < -0.4 is 9.47 Å². The summed E-state index contributed by atoms with van der Waals surface area (Å²) in [5.41, 5.74) is 0. The van der Waals surface area contributed by atoms with Crippen LogP contribution >= 0.6 is 0 Å². The molecule has 0 radical (unpaired) electrons. The Kier molecular flexibility index (Phi) is 6.94. The van der Waals surface area contributed by atoms with E-state index in [9.17, 15) is 13.6 Å². The Morgan fingerprint density at radius 3 is 2.00 bits per heavy atom. The molecule has 3 saturated carbocycles. The summed E-state index contributed by atoms with van der Waals surface area (Å²) in [4.78, 5) is 12.6. The van der Waals surface area contributed by atoms with Gasteiger partial charge in [0, 0.05) is 0 Å². The summed E-state index contributed by atoms with van der Waals surface area (Å²) in [6, 6.07) is 5.80. The molecule has 4 atom stereocenters. The van der Waals surface area contributed by atoms with Crippen molar-refractivity contribution in [2.45, 2.75) is 77.7 Å². The smallest absolute Gasteiger partial charge is 0.387 e. The summed E-state index contributed by atoms with van der Waals surface area (Å²) in [5.74, 6) is 4.64. The number of ether oxygens (including phenoxy) is 2. The molecule has 0 amide bonds. The Hall–Kier alpha value is -1.65. The van der Waals surface area contributed by atoms with Gasteiger partial charge in [0.2, 0.25) is 0 Å². The average Bonchev–Trinajstić information content (AvgIpc) is 2.74. The lowest BCUT2D eigenvalue weighted by molar-refractivity contribution is -0.140. The lowest BCUT2D eigenvalue weighted by Crippen LogP contribution is -2.35. The van der Waals surface area contributed by atoms with Crippen molar-refractivity contribution in [2.75, 3.05) is 0 Å². The molecule has 0 aromatic heterocycles. The van der Waals surface area contributed by atoms with Crippen molar-refractivity contribution in [3.8, 4) is 11.5 Å². The Morgan fingerprint density at radius 2 is 1.33 bits per heavy atom. The fourth-order valence-electron chi connectivity index (χ4n) is 6.30. The summed E-state index contributed by atoms with van der Waals surface area (Å²) < 4.78 is 34.3. The van der Waals surface area contributed by atoms with Crippen molar-refractivity contribution in [3.05, 3.63) is 24.3 Å². The van der Waals surface area contributed by atoms with E-state index >= 15 is 0 Å². The first kappa shape index (κ1) is 21.6. The highest BCUT2D eigenvalue weighted by Crippen LogP contribution is 2.49. The molecule has 4 unspecified atom stereocenters. The number of carbonyl (C=O) groups is 1. The van der Waals surface area contributed by atoms with E-state index in [4.69, 9.17) is 4.74 Å². The molecule has 3 nitrogen and oxygen atoms in total. The van der Waals surface area contributed by atoms with E-state index < -0.39 is 6.61 Å². The van der Waals surface area contributed by atoms with E-state index in [-0.39, 0.29) is 17.6 Å². The third kappa shape index (κ3) is 5.33. The van der Waals surface area contributed by atoms with Crippen molar-refractivity contribution in [2.24, 2.45) is 35.5 Å². The zero-order valence-electron chi connectivity index (χ0n) is 17.9. The average molecular weight is 421 g/mol. The first-order valence-corrected chi connectivity index (χ1v) is 11.7. The van der Waals surface area contributed by atoms with Gasteiger partial charge >= 0.3 is 12.6 Å². The molecule has 1 aromatic rings. The van der Waals surface area contributed by atoms with Crippen LogP contribution in [0.25, 0.3) is 0 Å². The summed E-state index contributed by atoms with van der Waals surface area (Å²) >= 11 is 0. The molecule has 3 fully saturated rings. The molecule has 0 saturated heterocycles. The topological polar surface area (TPSA) is 35.5 Å². The SMILES string of the molecule is CC1CCC2CC(C3CCC(C(=O)Oc4ccc(OC(F)F)cc4)CC3)CCC2C1. The van der Waals surface area contributed by atoms with Gasteiger partial charge in [-0.1, -0.05) is 13.3 Å². The second-order valence-electron chi connectivity index (χ2n) is 9.89. The highest BCUT2D eigenvalue weighted by atomic mass is 19.3. The Balaban J connectivity index is 1.23. The van der Waals surface area contributed by atoms with Crippen LogP contribution in [0.5, 0.6) is 11.5 Å². The van der Waals surface area contributed by atoms with Crippen LogP contribution in [0.4, 0.5) is 8.78 Å². The van der Waals surface area contributed by atoms with E-state index in [1.807, 2.05) is 0 Å². The quantitative estimate of drug-likeness (QED) is 0.386. The van der Waals surface area contributed by atoms with E-state index in [0.717, 1.165) is 55.3 Å². The largest absolute Gasteiger partial charge is 0.435 e. The monoisotopic (exact) mass is 420 g/mol. The predicted molar refractivity (Wildman–Crippen MR) is 111 cm³/mol. The number of halogens is 2. The van der Waals surface area contributed by atoms with Crippen molar-refractivity contribution in [3.63, 3.8) is 0 Å². The number of alkyl halides is 2. The summed E-state index contributed by atoms with van der Waals surface area (Å²) in [6.07, 6.45) is 12.5. The van der Waals surface area contributed by atoms with E-state index in [0.29, 0.717) is 5.75 Å². The Labute approximate surface area is 178 Å². The highest BCUT2D eigenvalue weighted by Gasteiger charge is 2.38. The lowest BCUT2D eigenvalue weighted by Gasteiger charge is -2.44. The molecule has 0 spiro atoms. The minimum Gasteiger partial charge on any atom is -0.435 e. The Morgan fingerprint density at radius 1 is 0.800 bits per heavy atom. The van der Waals surface area contributed by atoms with Crippen LogP contribution in [0.1, 0.15) is 71.1 Å². The number of carbonyl (C=O) groups excluding carboxylic acids is 1. The normalized spacial score (nSPS) is 34.3. The molecule has 0 aliphatic heterocycles. The van der Waals surface area contributed by atoms with Crippen LogP contribution in [0, 0.1) is 35.5 Å². The fourth-order valence-corrected chi connectivity index (χ4v) is 6.30. The van der Waals surface area contributed by atoms with Crippen LogP contribution in [0.2, 0.25) is 0 Å². The molecule has 0 bridgehead atoms. The molecule has 0 N–H and O–H groups in total. The zero-order valence-corrected chi connectivity index (χ0v) is 17.9. The molecule has 30 heavy (non-hydrogen) atoms. The molecule has 0 heterocycles. The van der Waals surface area contributed by atoms with Gasteiger partial charge in [0.1, 0.15) is 11.5 Å². The second kappa shape index (κ2) is 9.65. The van der Waals surface area contributed by atoms with Crippen LogP contribution in [-0.2, 0) is 4.79 Å². The third-order valence-electron chi connectivity index (χ3n) is 7.95. The molecule has 166 valence electrons. The standard InChI is InChI=1S/C25H34F2O3/c1-16-2-3-21-15-20(9-8-19(21)14-16)17-4-6-18(7-5-17)24(28)29-22-10-12-23(13-11-22)30-25(26)27/h10-13,16-21,25H,2-9,14-15H2,1H3. The van der Waals surface area contributed by atoms with Crippen LogP contribution in [-0.4, -0.2) is 12.6 Å². The number of esters is 1. The molecule has 1 aromatic carbocycles. The van der Waals surface area contributed by atoms with Gasteiger partial charge in [0.05, 0.1) is 5.92 Å². The van der Waals surface area contributed by atoms with Crippen molar-refractivity contribution < 1.29 is 23.0 Å². The lowest BCUT2D eigenvalue weighted by atomic mass is 9.61. The van der Waals surface area contributed by atoms with Crippen LogP contribution in [0.3, 0.4) is 0 Å². The van der Waals surface area contributed by atoms with Gasteiger partial charge in [-0.3, -0.25) is 4.79 Å². The maximum Gasteiger partial charge on any atom is 0.387 e. The molecule has 4 rings (SSSR count). The maximum atomic E-state index is 12.6. The summed E-state index contributed by atoms with van der Waals surface area (Å²) in [7, 11) is 0. The zero-order chi connectivity index (χ0) is 21.1. The predicted octanol–water partition coefficient (Wildman–Crippen LogP) is 6.85. The molecule has 3 aliphatic carbocycles. The van der Waals surface area contributed by atoms with E-state index in [1.54, 1.807) is 0 Å². The highest BCUT2D eigenvalue weighted by molar-refractivity contribution is 5.75. The van der Waals surface area contributed by atoms with Gasteiger partial charge in [0.15, 0.2) is 0 Å². The maximum absolute atomic E-state index is 12.6. The minimum atomic E-state index is -2.86. The second-order valence-corrected chi connectivity index (χ2v) is 9.89. The number of hydrogen-bond acceptors (Lipinski definition) is 3. The number of benzene rings is 1. The Bertz CT molecular complexity index is 697. The first-order valence-electron chi connectivity index (χ1n) is 11.7. The van der Waals surface area contributed by atoms with Gasteiger partial charge in [-0.25, -0.2) is 0 Å². The third-order valence-corrected chi connectivity index (χ3v) is 7.95. The number of rotatable bonds is 5. The van der Waals surface area contributed by atoms with Crippen molar-refractivity contribution >= 4 is 5.97 Å². The van der Waals surface area contributed by atoms with Gasteiger partial charge in [0.25, 0.3) is 0 Å². The van der Waals surface area contributed by atoms with Gasteiger partial charge < -0.3 is 9.47 Å².